The van der Waals surface area contributed by atoms with E-state index in [0.29, 0.717) is 11.4 Å². The van der Waals surface area contributed by atoms with E-state index in [1.54, 1.807) is 25.1 Å². The Kier molecular flexibility index (Phi) is 6.74. The minimum absolute atomic E-state index is 0.00652. The molecule has 0 bridgehead atoms. The van der Waals surface area contributed by atoms with Crippen LogP contribution in [0.2, 0.25) is 0 Å². The molecule has 2 aromatic carbocycles. The maximum atomic E-state index is 14.9. The second kappa shape index (κ2) is 9.93. The number of furan rings is 1. The molecule has 0 radical (unpaired) electrons. The van der Waals surface area contributed by atoms with E-state index in [1.165, 1.54) is 6.20 Å². The normalized spacial score (nSPS) is 10.7. The van der Waals surface area contributed by atoms with E-state index in [0.717, 1.165) is 31.9 Å². The fourth-order valence-corrected chi connectivity index (χ4v) is 3.57. The first-order chi connectivity index (χ1) is 17.7. The quantitative estimate of drug-likeness (QED) is 0.231. The maximum Gasteiger partial charge on any atom is 0.247 e. The molecule has 0 fully saturated rings. The third-order valence-corrected chi connectivity index (χ3v) is 5.43. The van der Waals surface area contributed by atoms with Crippen molar-refractivity contribution < 1.29 is 32.3 Å². The van der Waals surface area contributed by atoms with Crippen LogP contribution in [0, 0.1) is 18.6 Å². The van der Waals surface area contributed by atoms with Crippen LogP contribution in [-0.4, -0.2) is 35.9 Å². The number of carbonyl (C=O) groups is 2. The van der Waals surface area contributed by atoms with E-state index in [1.807, 2.05) is 0 Å². The van der Waals surface area contributed by atoms with Crippen molar-refractivity contribution >= 4 is 45.8 Å². The summed E-state index contributed by atoms with van der Waals surface area (Å²) < 4.78 is 45.0. The van der Waals surface area contributed by atoms with Gasteiger partial charge in [0.05, 0.1) is 31.8 Å². The Bertz CT molecular complexity index is 1540. The summed E-state index contributed by atoms with van der Waals surface area (Å²) in [7, 11) is 2.32. The number of aryl methyl sites for hydroxylation is 1. The zero-order valence-corrected chi connectivity index (χ0v) is 19.9. The van der Waals surface area contributed by atoms with Crippen LogP contribution in [0.15, 0.2) is 47.5 Å². The number of nitrogens with zero attached hydrogens (tertiary/aromatic N) is 2. The van der Waals surface area contributed by atoms with Gasteiger partial charge in [-0.2, -0.15) is 0 Å². The summed E-state index contributed by atoms with van der Waals surface area (Å²) in [6.45, 7) is 5.24. The van der Waals surface area contributed by atoms with Gasteiger partial charge in [-0.15, -0.1) is 0 Å². The molecule has 12 heteroatoms. The zero-order chi connectivity index (χ0) is 26.9. The summed E-state index contributed by atoms with van der Waals surface area (Å²) in [5, 5.41) is 5.68. The van der Waals surface area contributed by atoms with Crippen LogP contribution >= 0.6 is 0 Å². The van der Waals surface area contributed by atoms with Crippen molar-refractivity contribution in [3.63, 3.8) is 0 Å². The van der Waals surface area contributed by atoms with Gasteiger partial charge in [-0.05, 0) is 24.6 Å². The van der Waals surface area contributed by atoms with Crippen molar-refractivity contribution in [2.24, 2.45) is 0 Å². The van der Waals surface area contributed by atoms with Crippen molar-refractivity contribution in [1.82, 2.24) is 9.97 Å². The van der Waals surface area contributed by atoms with Crippen molar-refractivity contribution in [3.8, 4) is 11.5 Å². The number of nitrogens with two attached hydrogens (primary N) is 1. The molecule has 4 aromatic rings. The van der Waals surface area contributed by atoms with Gasteiger partial charge < -0.3 is 30.3 Å². The molecule has 1 amide bonds. The van der Waals surface area contributed by atoms with Crippen LogP contribution in [0.4, 0.5) is 31.8 Å². The average Bonchev–Trinajstić information content (AvgIpc) is 3.22. The number of anilines is 4. The number of aromatic nitrogens is 2. The van der Waals surface area contributed by atoms with E-state index in [-0.39, 0.29) is 22.7 Å². The zero-order valence-electron chi connectivity index (χ0n) is 19.9. The minimum Gasteiger partial charge on any atom is -0.494 e. The van der Waals surface area contributed by atoms with Crippen molar-refractivity contribution in [2.45, 2.75) is 6.92 Å². The minimum atomic E-state index is -1.24. The summed E-state index contributed by atoms with van der Waals surface area (Å²) in [5.41, 5.74) is 6.65. The van der Waals surface area contributed by atoms with Crippen LogP contribution in [0.5, 0.6) is 11.5 Å². The molecule has 0 saturated heterocycles. The highest BCUT2D eigenvalue weighted by Gasteiger charge is 2.31. The molecule has 0 aliphatic heterocycles. The molecular weight excluding hydrogens is 488 g/mol. The lowest BCUT2D eigenvalue weighted by atomic mass is 10.1. The van der Waals surface area contributed by atoms with Crippen LogP contribution in [0.1, 0.15) is 21.7 Å². The standard InChI is InChI=1S/C25H21F2N5O5/c1-5-16(33)30-12-8-6-7-11(2)21(12)31-25-29-10-15-22(32-25)20(28)24(37-15)23(34)17-18(26)13(35-3)9-14(36-4)19(17)27/h5-10H,1,28H2,2-4H3,(H,30,33)(H,29,31,32). The molecule has 0 saturated carbocycles. The number of hydrogen-bond acceptors (Lipinski definition) is 9. The first-order valence-electron chi connectivity index (χ1n) is 10.7. The largest absolute Gasteiger partial charge is 0.494 e. The number of hydrogen-bond donors (Lipinski definition) is 3. The number of benzene rings is 2. The Morgan fingerprint density at radius 3 is 2.46 bits per heavy atom. The summed E-state index contributed by atoms with van der Waals surface area (Å²) in [4.78, 5) is 33.4. The highest BCUT2D eigenvalue weighted by Crippen LogP contribution is 2.36. The number of ketones is 1. The Balaban J connectivity index is 1.76. The van der Waals surface area contributed by atoms with E-state index >= 15 is 0 Å². The Morgan fingerprint density at radius 1 is 1.16 bits per heavy atom. The molecule has 37 heavy (non-hydrogen) atoms. The number of fused-ring (bicyclic) bond motifs is 1. The number of nitrogens with one attached hydrogen (secondary N) is 2. The fraction of sp³-hybridized carbons (Fsp3) is 0.120. The van der Waals surface area contributed by atoms with Crippen molar-refractivity contribution in [1.29, 1.82) is 0 Å². The first kappa shape index (κ1) is 25.1. The first-order valence-corrected chi connectivity index (χ1v) is 10.7. The van der Waals surface area contributed by atoms with Gasteiger partial charge in [0.2, 0.25) is 23.4 Å². The summed E-state index contributed by atoms with van der Waals surface area (Å²) in [6.07, 6.45) is 2.37. The predicted octanol–water partition coefficient (Wildman–Crippen LogP) is 4.51. The lowest BCUT2D eigenvalue weighted by Crippen LogP contribution is -2.11. The third-order valence-electron chi connectivity index (χ3n) is 5.43. The Hall–Kier alpha value is -5.00. The van der Waals surface area contributed by atoms with Gasteiger partial charge in [0.15, 0.2) is 28.7 Å². The number of para-hydroxylation sites is 1. The van der Waals surface area contributed by atoms with Crippen LogP contribution < -0.4 is 25.8 Å². The molecule has 4 N–H and O–H groups in total. The van der Waals surface area contributed by atoms with Crippen LogP contribution in [0.3, 0.4) is 0 Å². The van der Waals surface area contributed by atoms with E-state index < -0.39 is 46.1 Å². The highest BCUT2D eigenvalue weighted by atomic mass is 19.1. The number of carbonyl (C=O) groups excluding carboxylic acids is 2. The van der Waals surface area contributed by atoms with Crippen LogP contribution in [0.25, 0.3) is 11.1 Å². The van der Waals surface area contributed by atoms with E-state index in [4.69, 9.17) is 19.6 Å². The van der Waals surface area contributed by atoms with Crippen LogP contribution in [-0.2, 0) is 4.79 Å². The van der Waals surface area contributed by atoms with Gasteiger partial charge in [-0.1, -0.05) is 18.7 Å². The van der Waals surface area contributed by atoms with Crippen molar-refractivity contribution in [2.75, 3.05) is 30.6 Å². The number of halogens is 2. The topological polar surface area (TPSA) is 142 Å². The summed E-state index contributed by atoms with van der Waals surface area (Å²) in [5.74, 6) is -5.36. The highest BCUT2D eigenvalue weighted by molar-refractivity contribution is 6.14. The number of rotatable bonds is 8. The Labute approximate surface area is 209 Å². The average molecular weight is 509 g/mol. The molecule has 4 rings (SSSR count). The summed E-state index contributed by atoms with van der Waals surface area (Å²) >= 11 is 0. The number of methoxy groups -OCH3 is 2. The second-order valence-electron chi connectivity index (χ2n) is 7.68. The Morgan fingerprint density at radius 2 is 1.84 bits per heavy atom. The SMILES string of the molecule is C=CC(=O)Nc1cccc(C)c1Nc1ncc2oc(C(=O)c3c(F)c(OC)cc(OC)c3F)c(N)c2n1. The molecule has 10 nitrogen and oxygen atoms in total. The summed E-state index contributed by atoms with van der Waals surface area (Å²) in [6, 6.07) is 6.20. The number of amides is 1. The van der Waals surface area contributed by atoms with Gasteiger partial charge in [-0.3, -0.25) is 9.59 Å². The third kappa shape index (κ3) is 4.51. The van der Waals surface area contributed by atoms with Gasteiger partial charge >= 0.3 is 0 Å². The van der Waals surface area contributed by atoms with Gasteiger partial charge in [0.25, 0.3) is 0 Å². The molecule has 0 spiro atoms. The number of ether oxygens (including phenoxy) is 2. The molecule has 0 aliphatic rings. The molecule has 0 unspecified atom stereocenters. The molecule has 190 valence electrons. The molecular formula is C25H21F2N5O5. The van der Waals surface area contributed by atoms with Crippen molar-refractivity contribution in [3.05, 3.63) is 71.6 Å². The molecule has 0 aliphatic carbocycles. The van der Waals surface area contributed by atoms with Gasteiger partial charge in [0, 0.05) is 6.07 Å². The van der Waals surface area contributed by atoms with Gasteiger partial charge in [-0.25, -0.2) is 18.7 Å². The van der Waals surface area contributed by atoms with Gasteiger partial charge in [0.1, 0.15) is 16.8 Å². The maximum absolute atomic E-state index is 14.9. The lowest BCUT2D eigenvalue weighted by molar-refractivity contribution is -0.111. The predicted molar refractivity (Wildman–Crippen MR) is 132 cm³/mol. The smallest absolute Gasteiger partial charge is 0.247 e. The monoisotopic (exact) mass is 509 g/mol. The second-order valence-corrected chi connectivity index (χ2v) is 7.68. The molecule has 0 atom stereocenters. The fourth-order valence-electron chi connectivity index (χ4n) is 3.57. The van der Waals surface area contributed by atoms with E-state index in [9.17, 15) is 18.4 Å². The van der Waals surface area contributed by atoms with E-state index in [2.05, 4.69) is 27.2 Å². The molecule has 2 aromatic heterocycles. The lowest BCUT2D eigenvalue weighted by Gasteiger charge is -2.14. The molecule has 2 heterocycles. The number of nitrogen functional groups attached to an aromatic ring is 1.